The molecule has 10 rings (SSSR count). The highest BCUT2D eigenvalue weighted by Crippen LogP contribution is 2.65. The third-order valence-corrected chi connectivity index (χ3v) is 14.7. The molecule has 2 aliphatic carbocycles. The van der Waals surface area contributed by atoms with E-state index in [4.69, 9.17) is 37.4 Å². The van der Waals surface area contributed by atoms with Crippen molar-refractivity contribution >= 4 is 70.5 Å². The number of pyridine rings is 1. The monoisotopic (exact) mass is 1010 g/mol. The van der Waals surface area contributed by atoms with E-state index in [0.717, 1.165) is 16.7 Å². The van der Waals surface area contributed by atoms with Crippen LogP contribution >= 0.6 is 23.2 Å². The van der Waals surface area contributed by atoms with Crippen molar-refractivity contribution in [3.63, 3.8) is 0 Å². The molecule has 2 saturated heterocycles. The van der Waals surface area contributed by atoms with Crippen LogP contribution in [-0.2, 0) is 37.4 Å². The number of methoxy groups -OCH3 is 2. The number of phenols is 1. The number of hydrogen-bond acceptors (Lipinski definition) is 10. The van der Waals surface area contributed by atoms with E-state index in [2.05, 4.69) is 10.4 Å². The molecule has 0 radical (unpaired) electrons. The maximum atomic E-state index is 15.7. The summed E-state index contributed by atoms with van der Waals surface area (Å²) in [5.41, 5.74) is 3.44. The number of hydrazine groups is 1. The predicted molar refractivity (Wildman–Crippen MR) is 263 cm³/mol. The fourth-order valence-corrected chi connectivity index (χ4v) is 11.2. The Bertz CT molecular complexity index is 3210. The average Bonchev–Trinajstić information content (AvgIpc) is 3.76. The summed E-state index contributed by atoms with van der Waals surface area (Å²) in [7, 11) is 3.14. The van der Waals surface area contributed by atoms with Crippen LogP contribution in [-0.4, -0.2) is 52.9 Å². The molecular formula is C55H43Cl2F3N4O8. The van der Waals surface area contributed by atoms with E-state index in [1.807, 2.05) is 54.6 Å². The Kier molecular flexibility index (Phi) is 12.6. The first-order valence-corrected chi connectivity index (χ1v) is 23.6. The largest absolute Gasteiger partial charge is 0.508 e. The molecule has 1 aromatic heterocycles. The summed E-state index contributed by atoms with van der Waals surface area (Å²) in [4.78, 5) is 65.5. The van der Waals surface area contributed by atoms with Crippen LogP contribution in [0.4, 0.5) is 24.7 Å². The molecule has 3 heterocycles. The lowest BCUT2D eigenvalue weighted by atomic mass is 9.49. The van der Waals surface area contributed by atoms with Gasteiger partial charge in [-0.1, -0.05) is 108 Å². The van der Waals surface area contributed by atoms with Crippen molar-refractivity contribution in [3.8, 4) is 23.0 Å². The maximum Gasteiger partial charge on any atom is 0.417 e. The molecule has 3 fully saturated rings. The second kappa shape index (κ2) is 18.9. The van der Waals surface area contributed by atoms with Gasteiger partial charge in [-0.2, -0.15) is 18.2 Å². The fourth-order valence-electron chi connectivity index (χ4n) is 10.9. The predicted octanol–water partition coefficient (Wildman–Crippen LogP) is 11.1. The van der Waals surface area contributed by atoms with Gasteiger partial charge in [-0.15, -0.1) is 0 Å². The van der Waals surface area contributed by atoms with Gasteiger partial charge in [-0.05, 0) is 90.0 Å². The molecule has 6 aromatic rings. The number of aromatic hydroxyl groups is 1. The van der Waals surface area contributed by atoms with E-state index in [-0.39, 0.29) is 30.8 Å². The third kappa shape index (κ3) is 8.29. The van der Waals surface area contributed by atoms with Crippen molar-refractivity contribution in [2.45, 2.75) is 37.0 Å². The van der Waals surface area contributed by atoms with Crippen LogP contribution in [0.15, 0.2) is 139 Å². The molecule has 1 saturated carbocycles. The minimum absolute atomic E-state index is 0.0901. The number of nitrogens with one attached hydrogen (secondary N) is 1. The molecular weight excluding hydrogens is 973 g/mol. The Hall–Kier alpha value is -7.62. The van der Waals surface area contributed by atoms with Gasteiger partial charge in [0.1, 0.15) is 29.6 Å². The number of fused-ring (bicyclic) bond motifs is 4. The molecule has 5 aromatic carbocycles. The van der Waals surface area contributed by atoms with Crippen molar-refractivity contribution in [2.24, 2.45) is 23.7 Å². The molecule has 0 bridgehead atoms. The van der Waals surface area contributed by atoms with Crippen LogP contribution in [0.25, 0.3) is 12.2 Å². The molecule has 2 aliphatic heterocycles. The van der Waals surface area contributed by atoms with E-state index in [0.29, 0.717) is 56.4 Å². The average molecular weight is 1020 g/mol. The van der Waals surface area contributed by atoms with Gasteiger partial charge in [0.25, 0.3) is 11.8 Å². The number of aromatic nitrogens is 1. The number of rotatable bonds is 12. The van der Waals surface area contributed by atoms with Crippen LogP contribution in [0, 0.1) is 23.7 Å². The number of hydrogen-bond donors (Lipinski definition) is 2. The standard InChI is InChI=1S/C55H43Cl2F3N4O8/c1-70-37-19-23-46(71-2)32(24-37)11-8-30-9-16-36(17-10-30)63-50(66)41-22-21-39-42(47(41)52(63)68)27-43-51(67)64(62-49-44(57)25-34(28-61-49)55(58,59)60)53(69)54(43,33-12-14-35(56)15-13-33)48(39)40-20-18-38(26-45(40)65)72-29-31-6-4-3-5-7-31/h3-21,23-26,28,41-43,47-48,65H,22,27,29H2,1-2H3,(H,61,62)/t41-,42+,43-,47-,48+,54+/m0/s1. The van der Waals surface area contributed by atoms with Crippen molar-refractivity contribution in [2.75, 3.05) is 24.5 Å². The van der Waals surface area contributed by atoms with E-state index in [9.17, 15) is 23.1 Å². The first-order valence-electron chi connectivity index (χ1n) is 22.8. The number of anilines is 2. The van der Waals surface area contributed by atoms with Crippen LogP contribution < -0.4 is 24.5 Å². The highest BCUT2D eigenvalue weighted by Gasteiger charge is 2.71. The summed E-state index contributed by atoms with van der Waals surface area (Å²) < 4.78 is 58.0. The summed E-state index contributed by atoms with van der Waals surface area (Å²) in [5, 5.41) is 12.7. The summed E-state index contributed by atoms with van der Waals surface area (Å²) in [5.74, 6) is -6.77. The molecule has 6 atom stereocenters. The third-order valence-electron chi connectivity index (χ3n) is 14.2. The Morgan fingerprint density at radius 3 is 2.24 bits per heavy atom. The number of ether oxygens (including phenoxy) is 3. The van der Waals surface area contributed by atoms with Crippen LogP contribution in [0.5, 0.6) is 23.0 Å². The number of amides is 4. The van der Waals surface area contributed by atoms with Crippen LogP contribution in [0.1, 0.15) is 52.1 Å². The Morgan fingerprint density at radius 1 is 0.819 bits per heavy atom. The van der Waals surface area contributed by atoms with Crippen LogP contribution in [0.2, 0.25) is 10.0 Å². The number of halogens is 5. The number of carbonyl (C=O) groups excluding carboxylic acids is 4. The minimum atomic E-state index is -4.79. The lowest BCUT2D eigenvalue weighted by Gasteiger charge is -2.50. The summed E-state index contributed by atoms with van der Waals surface area (Å²) in [6.45, 7) is 0.176. The molecule has 0 spiro atoms. The molecule has 72 heavy (non-hydrogen) atoms. The maximum absolute atomic E-state index is 15.7. The van der Waals surface area contributed by atoms with Gasteiger partial charge in [0, 0.05) is 34.3 Å². The molecule has 0 unspecified atom stereocenters. The van der Waals surface area contributed by atoms with E-state index < -0.39 is 81.2 Å². The molecule has 17 heteroatoms. The zero-order valence-corrected chi connectivity index (χ0v) is 39.9. The van der Waals surface area contributed by atoms with Crippen molar-refractivity contribution in [3.05, 3.63) is 183 Å². The normalized spacial score (nSPS) is 22.7. The van der Waals surface area contributed by atoms with Gasteiger partial charge in [0.05, 0.1) is 53.7 Å². The molecule has 2 N–H and O–H groups in total. The van der Waals surface area contributed by atoms with Crippen molar-refractivity contribution in [1.82, 2.24) is 9.99 Å². The molecule has 366 valence electrons. The topological polar surface area (TPSA) is 148 Å². The number of benzene rings is 5. The second-order valence-corrected chi connectivity index (χ2v) is 18.8. The fraction of sp³-hybridized carbons (Fsp3) is 0.218. The highest BCUT2D eigenvalue weighted by molar-refractivity contribution is 6.33. The summed E-state index contributed by atoms with van der Waals surface area (Å²) in [6.07, 6.45) is 1.26. The van der Waals surface area contributed by atoms with E-state index >= 15 is 14.4 Å². The number of allylic oxidation sites excluding steroid dienone is 2. The number of imide groups is 2. The Morgan fingerprint density at radius 2 is 1.56 bits per heavy atom. The Balaban J connectivity index is 1.05. The minimum Gasteiger partial charge on any atom is -0.508 e. The Labute approximate surface area is 421 Å². The SMILES string of the molecule is COc1ccc(OC)c(C=Cc2ccc(N3C(=O)[C@H]4[C@H](CC=C5[C@H]4C[C@H]4C(=O)N(Nc6ncc(C(F)(F)F)cc6Cl)C(=O)[C@@]4(c4ccc(Cl)cc4)[C@H]5c4ccc(OCc5ccccc5)cc4O)C3=O)cc2)c1. The summed E-state index contributed by atoms with van der Waals surface area (Å²) >= 11 is 12.8. The smallest absolute Gasteiger partial charge is 0.417 e. The first-order chi connectivity index (χ1) is 34.6. The first kappa shape index (κ1) is 48.0. The summed E-state index contributed by atoms with van der Waals surface area (Å²) in [6, 6.07) is 33.4. The van der Waals surface area contributed by atoms with E-state index in [1.165, 1.54) is 11.0 Å². The number of alkyl halides is 3. The second-order valence-electron chi connectivity index (χ2n) is 18.0. The van der Waals surface area contributed by atoms with Gasteiger partial charge >= 0.3 is 6.18 Å². The zero-order valence-electron chi connectivity index (χ0n) is 38.4. The van der Waals surface area contributed by atoms with Gasteiger partial charge < -0.3 is 19.3 Å². The molecule has 4 amide bonds. The van der Waals surface area contributed by atoms with E-state index in [1.54, 1.807) is 87.0 Å². The molecule has 4 aliphatic rings. The zero-order chi connectivity index (χ0) is 50.6. The van der Waals surface area contributed by atoms with Gasteiger partial charge in [0.15, 0.2) is 5.82 Å². The van der Waals surface area contributed by atoms with Crippen LogP contribution in [0.3, 0.4) is 0 Å². The lowest BCUT2D eigenvalue weighted by molar-refractivity contribution is -0.139. The quantitative estimate of drug-likeness (QED) is 0.0690. The van der Waals surface area contributed by atoms with Gasteiger partial charge in [0.2, 0.25) is 11.8 Å². The number of phenolic OH excluding ortho intramolecular Hbond substituents is 1. The molecule has 12 nitrogen and oxygen atoms in total. The van der Waals surface area contributed by atoms with Crippen molar-refractivity contribution < 1.29 is 51.7 Å². The van der Waals surface area contributed by atoms with Gasteiger partial charge in [-0.3, -0.25) is 29.5 Å². The number of nitrogens with zero attached hydrogens (tertiary/aromatic N) is 3. The number of carbonyl (C=O) groups is 4. The highest BCUT2D eigenvalue weighted by atomic mass is 35.5. The van der Waals surface area contributed by atoms with Gasteiger partial charge in [-0.25, -0.2) is 4.98 Å². The lowest BCUT2D eigenvalue weighted by Crippen LogP contribution is -2.53. The van der Waals surface area contributed by atoms with Crippen molar-refractivity contribution in [1.29, 1.82) is 0 Å².